The lowest BCUT2D eigenvalue weighted by atomic mass is 10.3. The molecule has 3 rings (SSSR count). The molecule has 2 aromatic heterocycles. The monoisotopic (exact) mass is 326 g/mol. The topological polar surface area (TPSA) is 69.4 Å². The molecule has 3 aromatic rings. The molecule has 0 saturated heterocycles. The average Bonchev–Trinajstić information content (AvgIpc) is 2.95. The van der Waals surface area contributed by atoms with Crippen molar-refractivity contribution in [2.75, 3.05) is 0 Å². The highest BCUT2D eigenvalue weighted by molar-refractivity contribution is 7.99. The summed E-state index contributed by atoms with van der Waals surface area (Å²) in [5.74, 6) is -1.22. The van der Waals surface area contributed by atoms with Crippen LogP contribution in [-0.4, -0.2) is 29.7 Å². The molecule has 0 aliphatic rings. The highest BCUT2D eigenvalue weighted by Crippen LogP contribution is 2.28. The van der Waals surface area contributed by atoms with Gasteiger partial charge in [0, 0.05) is 6.07 Å². The van der Waals surface area contributed by atoms with Crippen LogP contribution in [-0.2, 0) is 0 Å². The third kappa shape index (κ3) is 3.14. The van der Waals surface area contributed by atoms with Crippen molar-refractivity contribution in [1.29, 1.82) is 0 Å². The maximum atomic E-state index is 13.6. The van der Waals surface area contributed by atoms with Crippen molar-refractivity contribution < 1.29 is 8.78 Å². The Kier molecular flexibility index (Phi) is 3.76. The van der Waals surface area contributed by atoms with Crippen LogP contribution in [0.2, 0.25) is 5.28 Å². The molecule has 2 heterocycles. The van der Waals surface area contributed by atoms with Gasteiger partial charge in [0.1, 0.15) is 24.3 Å². The molecule has 0 unspecified atom stereocenters. The van der Waals surface area contributed by atoms with E-state index in [1.54, 1.807) is 0 Å². The number of nitrogens with zero attached hydrogens (tertiary/aromatic N) is 6. The number of aromatic nitrogens is 6. The van der Waals surface area contributed by atoms with Crippen molar-refractivity contribution in [3.63, 3.8) is 0 Å². The molecule has 0 aliphatic heterocycles. The van der Waals surface area contributed by atoms with E-state index in [4.69, 9.17) is 11.6 Å². The molecular formula is C11H5ClF2N6S. The van der Waals surface area contributed by atoms with E-state index in [0.717, 1.165) is 23.9 Å². The Morgan fingerprint density at radius 3 is 2.71 bits per heavy atom. The minimum Gasteiger partial charge on any atom is -0.223 e. The van der Waals surface area contributed by atoms with Gasteiger partial charge in [-0.2, -0.15) is 24.7 Å². The van der Waals surface area contributed by atoms with E-state index in [2.05, 4.69) is 25.0 Å². The molecule has 0 atom stereocenters. The second-order valence-corrected chi connectivity index (χ2v) is 5.05. The zero-order chi connectivity index (χ0) is 14.8. The number of hydrogen-bond acceptors (Lipinski definition) is 6. The SMILES string of the molecule is Fc1ccc(Sc2nc(Cl)nc(-n3cncn3)n2)c(F)c1. The van der Waals surface area contributed by atoms with Crippen molar-refractivity contribution in [2.24, 2.45) is 0 Å². The normalized spacial score (nSPS) is 10.8. The smallest absolute Gasteiger partial charge is 0.223 e. The first-order chi connectivity index (χ1) is 10.1. The van der Waals surface area contributed by atoms with Crippen LogP contribution in [0.4, 0.5) is 8.78 Å². The quantitative estimate of drug-likeness (QED) is 0.736. The molecule has 0 saturated carbocycles. The van der Waals surface area contributed by atoms with Crippen LogP contribution in [0.3, 0.4) is 0 Å². The molecule has 10 heteroatoms. The third-order valence-electron chi connectivity index (χ3n) is 2.29. The highest BCUT2D eigenvalue weighted by atomic mass is 35.5. The van der Waals surface area contributed by atoms with Crippen molar-refractivity contribution in [2.45, 2.75) is 10.1 Å². The summed E-state index contributed by atoms with van der Waals surface area (Å²) in [5, 5.41) is 3.96. The summed E-state index contributed by atoms with van der Waals surface area (Å²) in [5.41, 5.74) is 0. The van der Waals surface area contributed by atoms with Crippen LogP contribution < -0.4 is 0 Å². The second-order valence-electron chi connectivity index (χ2n) is 3.70. The van der Waals surface area contributed by atoms with E-state index in [1.165, 1.54) is 23.4 Å². The molecular weight excluding hydrogens is 322 g/mol. The van der Waals surface area contributed by atoms with E-state index >= 15 is 0 Å². The Hall–Kier alpha value is -2.13. The lowest BCUT2D eigenvalue weighted by Gasteiger charge is -2.04. The Morgan fingerprint density at radius 2 is 2.00 bits per heavy atom. The second kappa shape index (κ2) is 5.70. The van der Waals surface area contributed by atoms with E-state index in [1.807, 2.05) is 0 Å². The molecule has 0 bridgehead atoms. The lowest BCUT2D eigenvalue weighted by molar-refractivity contribution is 0.565. The van der Waals surface area contributed by atoms with Gasteiger partial charge < -0.3 is 0 Å². The van der Waals surface area contributed by atoms with Gasteiger partial charge in [0.15, 0.2) is 5.16 Å². The molecule has 0 amide bonds. The van der Waals surface area contributed by atoms with Crippen molar-refractivity contribution in [1.82, 2.24) is 29.7 Å². The molecule has 0 aliphatic carbocycles. The number of benzene rings is 1. The number of halogens is 3. The first-order valence-corrected chi connectivity index (χ1v) is 6.71. The molecule has 1 aromatic carbocycles. The van der Waals surface area contributed by atoms with Crippen LogP contribution in [0.1, 0.15) is 0 Å². The molecule has 0 fully saturated rings. The first kappa shape index (κ1) is 13.8. The highest BCUT2D eigenvalue weighted by Gasteiger charge is 2.12. The summed E-state index contributed by atoms with van der Waals surface area (Å²) in [7, 11) is 0. The summed E-state index contributed by atoms with van der Waals surface area (Å²) in [4.78, 5) is 15.8. The molecule has 0 N–H and O–H groups in total. The zero-order valence-corrected chi connectivity index (χ0v) is 11.7. The summed E-state index contributed by atoms with van der Waals surface area (Å²) in [6.45, 7) is 0. The lowest BCUT2D eigenvalue weighted by Crippen LogP contribution is -2.04. The minimum absolute atomic E-state index is 0.0690. The molecule has 6 nitrogen and oxygen atoms in total. The minimum atomic E-state index is -0.709. The van der Waals surface area contributed by atoms with Crippen molar-refractivity contribution in [3.8, 4) is 5.95 Å². The van der Waals surface area contributed by atoms with Gasteiger partial charge in [-0.1, -0.05) is 0 Å². The van der Waals surface area contributed by atoms with Gasteiger partial charge in [-0.25, -0.2) is 13.8 Å². The van der Waals surface area contributed by atoms with Gasteiger partial charge in [-0.05, 0) is 35.5 Å². The van der Waals surface area contributed by atoms with E-state index in [0.29, 0.717) is 0 Å². The summed E-state index contributed by atoms with van der Waals surface area (Å²) in [6, 6.07) is 3.22. The summed E-state index contributed by atoms with van der Waals surface area (Å²) in [6.07, 6.45) is 2.70. The molecule has 21 heavy (non-hydrogen) atoms. The van der Waals surface area contributed by atoms with Gasteiger partial charge in [0.05, 0.1) is 4.90 Å². The standard InChI is InChI=1S/C11H5ClF2N6S/c12-9-17-10(20-5-15-4-16-20)19-11(18-9)21-8-2-1-6(13)3-7(8)14/h1-5H. The van der Waals surface area contributed by atoms with Crippen LogP contribution in [0.25, 0.3) is 5.95 Å². The van der Waals surface area contributed by atoms with Crippen LogP contribution in [0.15, 0.2) is 40.9 Å². The predicted molar refractivity (Wildman–Crippen MR) is 70.2 cm³/mol. The Bertz CT molecular complexity index is 782. The van der Waals surface area contributed by atoms with Crippen LogP contribution >= 0.6 is 23.4 Å². The largest absolute Gasteiger partial charge is 0.257 e. The van der Waals surface area contributed by atoms with Gasteiger partial charge in [0.2, 0.25) is 5.28 Å². The molecule has 0 radical (unpaired) electrons. The molecule has 106 valence electrons. The fraction of sp³-hybridized carbons (Fsp3) is 0. The Balaban J connectivity index is 1.95. The van der Waals surface area contributed by atoms with Gasteiger partial charge >= 0.3 is 0 Å². The van der Waals surface area contributed by atoms with Crippen molar-refractivity contribution >= 4 is 23.4 Å². The van der Waals surface area contributed by atoms with Gasteiger partial charge in [-0.15, -0.1) is 0 Å². The zero-order valence-electron chi connectivity index (χ0n) is 10.1. The van der Waals surface area contributed by atoms with Crippen molar-refractivity contribution in [3.05, 3.63) is 47.8 Å². The average molecular weight is 327 g/mol. The summed E-state index contributed by atoms with van der Waals surface area (Å²) < 4.78 is 27.8. The fourth-order valence-corrected chi connectivity index (χ4v) is 2.39. The maximum Gasteiger partial charge on any atom is 0.257 e. The Morgan fingerprint density at radius 1 is 1.14 bits per heavy atom. The fourth-order valence-electron chi connectivity index (χ4n) is 1.44. The summed E-state index contributed by atoms with van der Waals surface area (Å²) >= 11 is 6.71. The van der Waals surface area contributed by atoms with Crippen LogP contribution in [0, 0.1) is 11.6 Å². The van der Waals surface area contributed by atoms with Crippen LogP contribution in [0.5, 0.6) is 0 Å². The Labute approximate surface area is 126 Å². The van der Waals surface area contributed by atoms with E-state index in [-0.39, 0.29) is 21.3 Å². The van der Waals surface area contributed by atoms with Gasteiger partial charge in [0.25, 0.3) is 5.95 Å². The van der Waals surface area contributed by atoms with Gasteiger partial charge in [-0.3, -0.25) is 0 Å². The third-order valence-corrected chi connectivity index (χ3v) is 3.38. The maximum absolute atomic E-state index is 13.6. The predicted octanol–water partition coefficient (Wildman–Crippen LogP) is 2.54. The first-order valence-electron chi connectivity index (χ1n) is 5.51. The number of rotatable bonds is 3. The van der Waals surface area contributed by atoms with E-state index < -0.39 is 11.6 Å². The number of hydrogen-bond donors (Lipinski definition) is 0. The van der Waals surface area contributed by atoms with E-state index in [9.17, 15) is 8.78 Å². The molecule has 0 spiro atoms.